The van der Waals surface area contributed by atoms with Crippen molar-refractivity contribution in [2.24, 2.45) is 4.99 Å². The van der Waals surface area contributed by atoms with Crippen LogP contribution in [-0.2, 0) is 0 Å². The van der Waals surface area contributed by atoms with Crippen molar-refractivity contribution in [3.8, 4) is 0 Å². The van der Waals surface area contributed by atoms with Gasteiger partial charge in [0.2, 0.25) is 0 Å². The molecule has 1 aromatic heterocycles. The van der Waals surface area contributed by atoms with Gasteiger partial charge >= 0.3 is 6.03 Å². The zero-order chi connectivity index (χ0) is 12.3. The van der Waals surface area contributed by atoms with E-state index in [-0.39, 0.29) is 11.6 Å². The number of urea groups is 1. The van der Waals surface area contributed by atoms with Gasteiger partial charge in [-0.15, -0.1) is 9.94 Å². The van der Waals surface area contributed by atoms with Crippen LogP contribution in [0.1, 0.15) is 20.8 Å². The van der Waals surface area contributed by atoms with Crippen molar-refractivity contribution in [2.45, 2.75) is 26.3 Å². The number of hydrogen-bond donors (Lipinski definition) is 1. The Hall–Kier alpha value is -1.85. The lowest BCUT2D eigenvalue weighted by molar-refractivity contribution is 0.143. The van der Waals surface area contributed by atoms with Crippen molar-refractivity contribution in [1.82, 2.24) is 14.8 Å². The van der Waals surface area contributed by atoms with Gasteiger partial charge in [0.05, 0.1) is 17.8 Å². The fraction of sp³-hybridized carbons (Fsp3) is 0.500. The number of hydrogen-bond acceptors (Lipinski definition) is 3. The number of aromatic nitrogens is 2. The summed E-state index contributed by atoms with van der Waals surface area (Å²) in [5.41, 5.74) is -0.278. The second-order valence-corrected chi connectivity index (χ2v) is 4.43. The molecule has 0 saturated heterocycles. The highest BCUT2D eigenvalue weighted by Gasteiger charge is 2.21. The molecule has 0 aliphatic heterocycles. The third-order valence-electron chi connectivity index (χ3n) is 2.20. The largest absolute Gasteiger partial charge is 0.412 e. The maximum Gasteiger partial charge on any atom is 0.344 e. The molecule has 6 nitrogen and oxygen atoms in total. The molecule has 0 aliphatic carbocycles. The predicted molar refractivity (Wildman–Crippen MR) is 57.9 cm³/mol. The summed E-state index contributed by atoms with van der Waals surface area (Å²) in [4.78, 5) is 17.8. The first kappa shape index (κ1) is 12.2. The normalized spacial score (nSPS) is 12.6. The number of carbonyl (C=O) groups is 1. The smallest absolute Gasteiger partial charge is 0.344 e. The van der Waals surface area contributed by atoms with E-state index in [9.17, 15) is 4.79 Å². The summed E-state index contributed by atoms with van der Waals surface area (Å²) in [6, 6.07) is 1.16. The highest BCUT2D eigenvalue weighted by molar-refractivity contribution is 5.75. The first-order valence-electron chi connectivity index (χ1n) is 4.87. The minimum Gasteiger partial charge on any atom is -0.412 e. The molecular weight excluding hydrogens is 208 g/mol. The molecule has 0 bridgehead atoms. The lowest BCUT2D eigenvalue weighted by atomic mass is 10.1. The van der Waals surface area contributed by atoms with Crippen LogP contribution in [0.25, 0.3) is 0 Å². The molecule has 0 saturated carbocycles. The Balaban J connectivity index is 2.93. The van der Waals surface area contributed by atoms with Gasteiger partial charge in [-0.3, -0.25) is 0 Å². The molecule has 0 aromatic carbocycles. The van der Waals surface area contributed by atoms with E-state index in [4.69, 9.17) is 5.21 Å². The molecule has 0 radical (unpaired) electrons. The number of rotatable bonds is 0. The number of nitrogens with zero attached hydrogens (tertiary/aromatic N) is 4. The van der Waals surface area contributed by atoms with Crippen LogP contribution in [0.5, 0.6) is 0 Å². The van der Waals surface area contributed by atoms with E-state index >= 15 is 0 Å². The van der Waals surface area contributed by atoms with Crippen molar-refractivity contribution >= 4 is 6.03 Å². The van der Waals surface area contributed by atoms with Gasteiger partial charge in [0.25, 0.3) is 0 Å². The van der Waals surface area contributed by atoms with Crippen LogP contribution in [0.15, 0.2) is 23.5 Å². The van der Waals surface area contributed by atoms with Crippen LogP contribution in [0.4, 0.5) is 4.79 Å². The van der Waals surface area contributed by atoms with Gasteiger partial charge in [0, 0.05) is 12.6 Å². The second-order valence-electron chi connectivity index (χ2n) is 4.43. The quantitative estimate of drug-likeness (QED) is 0.665. The third-order valence-corrected chi connectivity index (χ3v) is 2.20. The Bertz CT molecular complexity index is 424. The molecule has 16 heavy (non-hydrogen) atoms. The average molecular weight is 224 g/mol. The molecule has 0 aliphatic rings. The van der Waals surface area contributed by atoms with Gasteiger partial charge in [0.1, 0.15) is 0 Å². The van der Waals surface area contributed by atoms with Crippen LogP contribution < -0.4 is 5.36 Å². The molecule has 88 valence electrons. The fourth-order valence-corrected chi connectivity index (χ4v) is 0.881. The van der Waals surface area contributed by atoms with Crippen LogP contribution in [0.2, 0.25) is 0 Å². The molecule has 2 amide bonds. The van der Waals surface area contributed by atoms with Crippen LogP contribution in [-0.4, -0.2) is 38.7 Å². The second kappa shape index (κ2) is 4.34. The lowest BCUT2D eigenvalue weighted by Gasteiger charge is -2.29. The molecular formula is C10H16N4O2. The molecule has 0 atom stereocenters. The standard InChI is InChI=1S/C10H16N4O2/c1-10(2,3)13(4)9(15)12-8-5-6-14(16)11-7-8/h5-7,16H,1-4H3/b12-8-. The summed E-state index contributed by atoms with van der Waals surface area (Å²) < 4.78 is 0. The highest BCUT2D eigenvalue weighted by atomic mass is 16.5. The maximum atomic E-state index is 11.7. The van der Waals surface area contributed by atoms with Crippen LogP contribution >= 0.6 is 0 Å². The first-order chi connectivity index (χ1) is 7.30. The molecule has 1 rings (SSSR count). The Morgan fingerprint density at radius 2 is 2.19 bits per heavy atom. The van der Waals surface area contributed by atoms with Gasteiger partial charge in [0.15, 0.2) is 0 Å². The van der Waals surface area contributed by atoms with Crippen molar-refractivity contribution < 1.29 is 10.0 Å². The summed E-state index contributed by atoms with van der Waals surface area (Å²) in [6.45, 7) is 5.77. The van der Waals surface area contributed by atoms with Crippen molar-refractivity contribution in [3.63, 3.8) is 0 Å². The average Bonchev–Trinajstić information content (AvgIpc) is 2.19. The van der Waals surface area contributed by atoms with Gasteiger partial charge < -0.3 is 10.1 Å². The van der Waals surface area contributed by atoms with Gasteiger partial charge in [-0.25, -0.2) is 4.79 Å². The molecule has 6 heteroatoms. The van der Waals surface area contributed by atoms with Crippen molar-refractivity contribution in [3.05, 3.63) is 23.8 Å². The summed E-state index contributed by atoms with van der Waals surface area (Å²) in [5, 5.41) is 12.9. The Labute approximate surface area is 93.8 Å². The summed E-state index contributed by atoms with van der Waals surface area (Å²) in [7, 11) is 1.69. The molecule has 0 unspecified atom stereocenters. The minimum absolute atomic E-state index is 0.278. The Kier molecular flexibility index (Phi) is 3.31. The zero-order valence-corrected chi connectivity index (χ0v) is 9.88. The van der Waals surface area contributed by atoms with Crippen LogP contribution in [0.3, 0.4) is 0 Å². The van der Waals surface area contributed by atoms with E-state index in [2.05, 4.69) is 10.1 Å². The number of amides is 2. The van der Waals surface area contributed by atoms with E-state index in [0.29, 0.717) is 10.2 Å². The fourth-order valence-electron chi connectivity index (χ4n) is 0.881. The first-order valence-corrected chi connectivity index (χ1v) is 4.87. The topological polar surface area (TPSA) is 70.7 Å². The van der Waals surface area contributed by atoms with E-state index in [1.54, 1.807) is 7.05 Å². The molecule has 1 aromatic rings. The van der Waals surface area contributed by atoms with E-state index in [0.717, 1.165) is 0 Å². The Morgan fingerprint density at radius 1 is 1.56 bits per heavy atom. The summed E-state index contributed by atoms with van der Waals surface area (Å²) in [5.74, 6) is 0. The summed E-state index contributed by atoms with van der Waals surface area (Å²) in [6.07, 6.45) is 2.62. The molecule has 0 fully saturated rings. The van der Waals surface area contributed by atoms with Gasteiger partial charge in [-0.2, -0.15) is 4.99 Å². The maximum absolute atomic E-state index is 11.7. The predicted octanol–water partition coefficient (Wildman–Crippen LogP) is 0.871. The molecule has 1 N–H and O–H groups in total. The van der Waals surface area contributed by atoms with Gasteiger partial charge in [-0.05, 0) is 26.8 Å². The van der Waals surface area contributed by atoms with E-state index < -0.39 is 0 Å². The highest BCUT2D eigenvalue weighted by Crippen LogP contribution is 2.10. The van der Waals surface area contributed by atoms with Crippen molar-refractivity contribution in [1.29, 1.82) is 0 Å². The zero-order valence-electron chi connectivity index (χ0n) is 9.88. The van der Waals surface area contributed by atoms with E-state index in [1.165, 1.54) is 23.4 Å². The molecule has 0 spiro atoms. The summed E-state index contributed by atoms with van der Waals surface area (Å²) >= 11 is 0. The Morgan fingerprint density at radius 3 is 2.62 bits per heavy atom. The molecule has 1 heterocycles. The van der Waals surface area contributed by atoms with Crippen LogP contribution in [0, 0.1) is 0 Å². The monoisotopic (exact) mass is 224 g/mol. The number of carbonyl (C=O) groups excluding carboxylic acids is 1. The van der Waals surface area contributed by atoms with Gasteiger partial charge in [-0.1, -0.05) is 0 Å². The third kappa shape index (κ3) is 3.08. The minimum atomic E-state index is -0.343. The SMILES string of the molecule is CN(C(=O)/N=c1/ccn(O)nc1)C(C)(C)C. The van der Waals surface area contributed by atoms with Crippen molar-refractivity contribution in [2.75, 3.05) is 7.05 Å². The lowest BCUT2D eigenvalue weighted by Crippen LogP contribution is -2.41. The van der Waals surface area contributed by atoms with E-state index in [1.807, 2.05) is 20.8 Å².